The number of guanidine groups is 1. The molecule has 9 nitrogen and oxygen atoms in total. The number of piperazine rings is 1. The van der Waals surface area contributed by atoms with Gasteiger partial charge in [-0.3, -0.25) is 14.9 Å². The lowest BCUT2D eigenvalue weighted by Gasteiger charge is -2.39. The number of carbonyl (C=O) groups is 2. The molecule has 1 aromatic carbocycles. The topological polar surface area (TPSA) is 96.6 Å². The SMILES string of the molecule is COC(=O)C1C(=O)NC(N2CCN(c3ccccc3OC)CC2)=NC1c1ccco1. The molecule has 1 saturated heterocycles. The second-order valence-corrected chi connectivity index (χ2v) is 7.05. The number of nitrogens with zero attached hydrogens (tertiary/aromatic N) is 3. The molecule has 2 aromatic rings. The van der Waals surface area contributed by atoms with E-state index in [9.17, 15) is 9.59 Å². The second-order valence-electron chi connectivity index (χ2n) is 7.05. The van der Waals surface area contributed by atoms with E-state index in [0.717, 1.165) is 24.5 Å². The Bertz CT molecular complexity index is 935. The molecule has 4 rings (SSSR count). The van der Waals surface area contributed by atoms with Crippen molar-refractivity contribution in [3.05, 3.63) is 48.4 Å². The van der Waals surface area contributed by atoms with Crippen LogP contribution in [0, 0.1) is 5.92 Å². The third kappa shape index (κ3) is 3.70. The summed E-state index contributed by atoms with van der Waals surface area (Å²) in [5.41, 5.74) is 1.04. The van der Waals surface area contributed by atoms with Gasteiger partial charge in [0, 0.05) is 26.2 Å². The monoisotopic (exact) mass is 412 g/mol. The maximum absolute atomic E-state index is 12.7. The highest BCUT2D eigenvalue weighted by Crippen LogP contribution is 2.32. The molecule has 3 heterocycles. The predicted octanol–water partition coefficient (Wildman–Crippen LogP) is 1.43. The van der Waals surface area contributed by atoms with E-state index in [1.54, 1.807) is 19.2 Å². The number of ether oxygens (including phenoxy) is 2. The zero-order chi connectivity index (χ0) is 21.1. The zero-order valence-corrected chi connectivity index (χ0v) is 16.9. The molecule has 0 spiro atoms. The lowest BCUT2D eigenvalue weighted by Crippen LogP contribution is -2.57. The molecule has 1 N–H and O–H groups in total. The molecule has 30 heavy (non-hydrogen) atoms. The fourth-order valence-electron chi connectivity index (χ4n) is 3.83. The molecule has 0 aliphatic carbocycles. The largest absolute Gasteiger partial charge is 0.495 e. The van der Waals surface area contributed by atoms with E-state index in [0.29, 0.717) is 24.8 Å². The number of aliphatic imine (C=N–C) groups is 1. The summed E-state index contributed by atoms with van der Waals surface area (Å²) in [5, 5.41) is 2.77. The molecule has 1 fully saturated rings. The molecule has 1 aromatic heterocycles. The Kier molecular flexibility index (Phi) is 5.60. The third-order valence-electron chi connectivity index (χ3n) is 5.39. The average Bonchev–Trinajstić information content (AvgIpc) is 3.33. The van der Waals surface area contributed by atoms with Crippen LogP contribution in [0.5, 0.6) is 5.75 Å². The molecule has 0 radical (unpaired) electrons. The van der Waals surface area contributed by atoms with Gasteiger partial charge in [-0.15, -0.1) is 0 Å². The summed E-state index contributed by atoms with van der Waals surface area (Å²) in [7, 11) is 2.92. The van der Waals surface area contributed by atoms with Crippen molar-refractivity contribution >= 4 is 23.5 Å². The molecule has 2 atom stereocenters. The predicted molar refractivity (Wildman–Crippen MR) is 109 cm³/mol. The minimum Gasteiger partial charge on any atom is -0.495 e. The fraction of sp³-hybridized carbons (Fsp3) is 0.381. The Morgan fingerprint density at radius 1 is 1.10 bits per heavy atom. The van der Waals surface area contributed by atoms with E-state index in [2.05, 4.69) is 15.2 Å². The molecule has 2 aliphatic heterocycles. The molecular weight excluding hydrogens is 388 g/mol. The van der Waals surface area contributed by atoms with Crippen molar-refractivity contribution in [1.29, 1.82) is 0 Å². The summed E-state index contributed by atoms with van der Waals surface area (Å²) in [6.45, 7) is 2.79. The minimum atomic E-state index is -1.08. The maximum Gasteiger partial charge on any atom is 0.320 e. The number of para-hydroxylation sites is 2. The molecule has 0 bridgehead atoms. The van der Waals surface area contributed by atoms with Crippen molar-refractivity contribution in [2.45, 2.75) is 6.04 Å². The van der Waals surface area contributed by atoms with Gasteiger partial charge in [-0.05, 0) is 24.3 Å². The molecule has 158 valence electrons. The van der Waals surface area contributed by atoms with Crippen molar-refractivity contribution in [2.24, 2.45) is 10.9 Å². The number of hydrogen-bond donors (Lipinski definition) is 1. The Morgan fingerprint density at radius 3 is 2.50 bits per heavy atom. The van der Waals surface area contributed by atoms with Crippen LogP contribution in [-0.2, 0) is 14.3 Å². The summed E-state index contributed by atoms with van der Waals surface area (Å²) < 4.78 is 15.7. The van der Waals surface area contributed by atoms with Crippen LogP contribution in [0.4, 0.5) is 5.69 Å². The van der Waals surface area contributed by atoms with Gasteiger partial charge in [-0.1, -0.05) is 12.1 Å². The van der Waals surface area contributed by atoms with Gasteiger partial charge in [0.1, 0.15) is 17.6 Å². The summed E-state index contributed by atoms with van der Waals surface area (Å²) in [6.07, 6.45) is 1.50. The van der Waals surface area contributed by atoms with Gasteiger partial charge in [-0.2, -0.15) is 0 Å². The van der Waals surface area contributed by atoms with Crippen LogP contribution in [0.15, 0.2) is 52.1 Å². The van der Waals surface area contributed by atoms with Crippen LogP contribution in [0.2, 0.25) is 0 Å². The van der Waals surface area contributed by atoms with Crippen LogP contribution in [0.1, 0.15) is 11.8 Å². The number of nitrogens with one attached hydrogen (secondary N) is 1. The van der Waals surface area contributed by atoms with Gasteiger partial charge in [0.05, 0.1) is 26.2 Å². The van der Waals surface area contributed by atoms with E-state index < -0.39 is 23.8 Å². The number of methoxy groups -OCH3 is 2. The number of rotatable bonds is 4. The first-order valence-electron chi connectivity index (χ1n) is 9.75. The van der Waals surface area contributed by atoms with Crippen LogP contribution >= 0.6 is 0 Å². The van der Waals surface area contributed by atoms with Crippen LogP contribution in [-0.4, -0.2) is 63.1 Å². The van der Waals surface area contributed by atoms with Gasteiger partial charge < -0.3 is 23.7 Å². The Labute approximate surface area is 174 Å². The highest BCUT2D eigenvalue weighted by Gasteiger charge is 2.43. The lowest BCUT2D eigenvalue weighted by atomic mass is 9.95. The molecule has 0 saturated carbocycles. The molecule has 2 aliphatic rings. The van der Waals surface area contributed by atoms with Gasteiger partial charge >= 0.3 is 5.97 Å². The van der Waals surface area contributed by atoms with Crippen molar-refractivity contribution in [1.82, 2.24) is 10.2 Å². The Morgan fingerprint density at radius 2 is 1.83 bits per heavy atom. The van der Waals surface area contributed by atoms with Crippen LogP contribution in [0.25, 0.3) is 0 Å². The highest BCUT2D eigenvalue weighted by atomic mass is 16.5. The third-order valence-corrected chi connectivity index (χ3v) is 5.39. The van der Waals surface area contributed by atoms with E-state index >= 15 is 0 Å². The van der Waals surface area contributed by atoms with E-state index in [-0.39, 0.29) is 0 Å². The first-order valence-corrected chi connectivity index (χ1v) is 9.75. The van der Waals surface area contributed by atoms with Gasteiger partial charge in [0.25, 0.3) is 0 Å². The number of esters is 1. The number of hydrogen-bond acceptors (Lipinski definition) is 8. The summed E-state index contributed by atoms with van der Waals surface area (Å²) in [4.78, 5) is 33.8. The first-order chi connectivity index (χ1) is 14.6. The fourth-order valence-corrected chi connectivity index (χ4v) is 3.83. The van der Waals surface area contributed by atoms with Crippen LogP contribution < -0.4 is 15.0 Å². The molecular formula is C21H24N4O5. The Hall–Kier alpha value is -3.49. The quantitative estimate of drug-likeness (QED) is 0.599. The molecule has 2 unspecified atom stereocenters. The lowest BCUT2D eigenvalue weighted by molar-refractivity contribution is -0.151. The number of amides is 1. The summed E-state index contributed by atoms with van der Waals surface area (Å²) in [6, 6.07) is 10.5. The molecule has 9 heteroatoms. The standard InChI is InChI=1S/C21H24N4O5/c1-28-15-7-4-3-6-14(15)24-9-11-25(12-10-24)21-22-18(16-8-5-13-30-16)17(19(26)23-21)20(27)29-2/h3-8,13,17-18H,9-12H2,1-2H3,(H,22,23,26). The van der Waals surface area contributed by atoms with E-state index in [4.69, 9.17) is 13.9 Å². The van der Waals surface area contributed by atoms with Crippen molar-refractivity contribution < 1.29 is 23.5 Å². The number of anilines is 1. The van der Waals surface area contributed by atoms with Crippen molar-refractivity contribution in [2.75, 3.05) is 45.3 Å². The zero-order valence-electron chi connectivity index (χ0n) is 16.9. The second kappa shape index (κ2) is 8.48. The maximum atomic E-state index is 12.7. The smallest absolute Gasteiger partial charge is 0.320 e. The minimum absolute atomic E-state index is 0.444. The van der Waals surface area contributed by atoms with E-state index in [1.807, 2.05) is 29.2 Å². The average molecular weight is 412 g/mol. The van der Waals surface area contributed by atoms with Crippen LogP contribution in [0.3, 0.4) is 0 Å². The highest BCUT2D eigenvalue weighted by molar-refractivity contribution is 6.08. The van der Waals surface area contributed by atoms with Gasteiger partial charge in [-0.25, -0.2) is 4.99 Å². The first kappa shape index (κ1) is 19.8. The summed E-state index contributed by atoms with van der Waals surface area (Å²) >= 11 is 0. The number of furan rings is 1. The van der Waals surface area contributed by atoms with Gasteiger partial charge in [0.2, 0.25) is 11.9 Å². The normalized spacial score (nSPS) is 21.7. The van der Waals surface area contributed by atoms with E-state index in [1.165, 1.54) is 13.4 Å². The summed E-state index contributed by atoms with van der Waals surface area (Å²) in [5.74, 6) is -0.447. The van der Waals surface area contributed by atoms with Gasteiger partial charge in [0.15, 0.2) is 5.92 Å². The number of carbonyl (C=O) groups excluding carboxylic acids is 2. The Balaban J connectivity index is 1.53. The van der Waals surface area contributed by atoms with Crippen molar-refractivity contribution in [3.63, 3.8) is 0 Å². The van der Waals surface area contributed by atoms with Crippen molar-refractivity contribution in [3.8, 4) is 5.75 Å². The number of benzene rings is 1. The molecule has 1 amide bonds.